The summed E-state index contributed by atoms with van der Waals surface area (Å²) in [6, 6.07) is 7.39. The van der Waals surface area contributed by atoms with Crippen LogP contribution in [0.4, 0.5) is 4.39 Å². The lowest BCUT2D eigenvalue weighted by Crippen LogP contribution is -2.41. The van der Waals surface area contributed by atoms with Gasteiger partial charge < -0.3 is 15.2 Å². The molecular weight excluding hydrogens is 233 g/mol. The molecule has 0 amide bonds. The predicted octanol–water partition coefficient (Wildman–Crippen LogP) is 1.67. The number of aliphatic hydroxyl groups excluding tert-OH is 1. The number of halogens is 1. The zero-order valence-corrected chi connectivity index (χ0v) is 10.4. The van der Waals surface area contributed by atoms with Crippen LogP contribution in [0.25, 0.3) is 0 Å². The Kier molecular flexibility index (Phi) is 5.11. The van der Waals surface area contributed by atoms with Crippen molar-refractivity contribution < 1.29 is 14.2 Å². The number of benzene rings is 1. The van der Waals surface area contributed by atoms with Gasteiger partial charge in [-0.05, 0) is 36.5 Å². The molecule has 0 atom stereocenters. The van der Waals surface area contributed by atoms with E-state index >= 15 is 0 Å². The van der Waals surface area contributed by atoms with E-state index in [0.717, 1.165) is 24.9 Å². The maximum absolute atomic E-state index is 13.1. The Morgan fingerprint density at radius 1 is 1.33 bits per heavy atom. The summed E-state index contributed by atoms with van der Waals surface area (Å²) in [4.78, 5) is 0. The number of aliphatic hydroxyl groups is 1. The molecule has 0 heterocycles. The molecule has 2 N–H and O–H groups in total. The highest BCUT2D eigenvalue weighted by atomic mass is 19.1. The van der Waals surface area contributed by atoms with E-state index in [1.54, 1.807) is 12.1 Å². The van der Waals surface area contributed by atoms with E-state index in [4.69, 9.17) is 9.84 Å². The zero-order chi connectivity index (χ0) is 12.8. The largest absolute Gasteiger partial charge is 0.394 e. The molecular formula is C14H20FNO2. The molecule has 3 nitrogen and oxygen atoms in total. The first-order valence-corrected chi connectivity index (χ1v) is 6.47. The molecule has 18 heavy (non-hydrogen) atoms. The van der Waals surface area contributed by atoms with Crippen molar-refractivity contribution in [2.24, 2.45) is 0 Å². The van der Waals surface area contributed by atoms with E-state index in [9.17, 15) is 4.39 Å². The lowest BCUT2D eigenvalue weighted by atomic mass is 9.76. The highest BCUT2D eigenvalue weighted by Crippen LogP contribution is 2.36. The van der Waals surface area contributed by atoms with Gasteiger partial charge in [0.2, 0.25) is 0 Å². The van der Waals surface area contributed by atoms with Gasteiger partial charge in [0.1, 0.15) is 5.82 Å². The fraction of sp³-hybridized carbons (Fsp3) is 0.571. The van der Waals surface area contributed by atoms with Gasteiger partial charge in [0.05, 0.1) is 19.8 Å². The van der Waals surface area contributed by atoms with Crippen LogP contribution in [0.1, 0.15) is 24.3 Å². The summed E-state index contributed by atoms with van der Waals surface area (Å²) in [5.41, 5.74) is 1.10. The second kappa shape index (κ2) is 6.83. The number of ether oxygens (including phenoxy) is 1. The Bertz CT molecular complexity index is 367. The maximum Gasteiger partial charge on any atom is 0.123 e. The summed E-state index contributed by atoms with van der Waals surface area (Å²) in [5, 5.41) is 11.9. The third kappa shape index (κ3) is 3.77. The van der Waals surface area contributed by atoms with Crippen LogP contribution >= 0.6 is 0 Å². The summed E-state index contributed by atoms with van der Waals surface area (Å²) in [5.74, 6) is 0.331. The smallest absolute Gasteiger partial charge is 0.123 e. The van der Waals surface area contributed by atoms with Crippen LogP contribution in [0.3, 0.4) is 0 Å². The molecule has 0 aromatic heterocycles. The van der Waals surface area contributed by atoms with Gasteiger partial charge >= 0.3 is 0 Å². The van der Waals surface area contributed by atoms with Crippen molar-refractivity contribution in [3.05, 3.63) is 35.6 Å². The molecule has 1 saturated carbocycles. The minimum Gasteiger partial charge on any atom is -0.394 e. The fourth-order valence-corrected chi connectivity index (χ4v) is 2.32. The molecule has 4 heteroatoms. The van der Waals surface area contributed by atoms with E-state index < -0.39 is 0 Å². The van der Waals surface area contributed by atoms with E-state index in [1.165, 1.54) is 6.07 Å². The summed E-state index contributed by atoms with van der Waals surface area (Å²) in [7, 11) is 0. The topological polar surface area (TPSA) is 41.5 Å². The Hall–Kier alpha value is -0.970. The molecule has 1 fully saturated rings. The Balaban J connectivity index is 1.62. The van der Waals surface area contributed by atoms with Crippen molar-refractivity contribution in [1.82, 2.24) is 5.32 Å². The van der Waals surface area contributed by atoms with Crippen molar-refractivity contribution in [3.8, 4) is 0 Å². The first-order valence-electron chi connectivity index (χ1n) is 6.47. The van der Waals surface area contributed by atoms with Crippen LogP contribution < -0.4 is 5.32 Å². The first-order chi connectivity index (χ1) is 8.79. The third-order valence-corrected chi connectivity index (χ3v) is 3.37. The molecule has 0 unspecified atom stereocenters. The number of hydrogen-bond donors (Lipinski definition) is 2. The quantitative estimate of drug-likeness (QED) is 0.726. The maximum atomic E-state index is 13.1. The molecule has 100 valence electrons. The lowest BCUT2D eigenvalue weighted by Gasteiger charge is -2.36. The van der Waals surface area contributed by atoms with E-state index in [1.807, 2.05) is 6.07 Å². The summed E-state index contributed by atoms with van der Waals surface area (Å²) in [6.45, 7) is 1.91. The van der Waals surface area contributed by atoms with E-state index in [0.29, 0.717) is 25.2 Å². The normalized spacial score (nSPS) is 22.8. The molecule has 2 rings (SSSR count). The Labute approximate surface area is 107 Å². The zero-order valence-electron chi connectivity index (χ0n) is 10.4. The lowest BCUT2D eigenvalue weighted by molar-refractivity contribution is 0.0901. The van der Waals surface area contributed by atoms with Crippen LogP contribution in [0.2, 0.25) is 0 Å². The fourth-order valence-electron chi connectivity index (χ4n) is 2.32. The van der Waals surface area contributed by atoms with Crippen LogP contribution in [0.5, 0.6) is 0 Å². The summed E-state index contributed by atoms with van der Waals surface area (Å²) < 4.78 is 18.2. The average Bonchev–Trinajstić information content (AvgIpc) is 2.31. The number of hydrogen-bond acceptors (Lipinski definition) is 3. The van der Waals surface area contributed by atoms with Gasteiger partial charge in [-0.2, -0.15) is 0 Å². The molecule has 1 aromatic carbocycles. The van der Waals surface area contributed by atoms with Gasteiger partial charge in [0.15, 0.2) is 0 Å². The van der Waals surface area contributed by atoms with Gasteiger partial charge in [-0.25, -0.2) is 4.39 Å². The predicted molar refractivity (Wildman–Crippen MR) is 68.1 cm³/mol. The molecule has 1 aliphatic rings. The molecule has 1 aliphatic carbocycles. The Morgan fingerprint density at radius 3 is 2.89 bits per heavy atom. The standard InChI is InChI=1S/C14H20FNO2/c15-13-3-1-2-11(8-13)12-9-14(10-12)16-4-6-18-7-5-17/h1-3,8,12,14,16-17H,4-7,9-10H2. The number of rotatable bonds is 7. The SMILES string of the molecule is OCCOCCNC1CC(c2cccc(F)c2)C1. The van der Waals surface area contributed by atoms with Crippen molar-refractivity contribution in [1.29, 1.82) is 0 Å². The second-order valence-corrected chi connectivity index (χ2v) is 4.71. The van der Waals surface area contributed by atoms with E-state index in [2.05, 4.69) is 5.32 Å². The molecule has 1 aromatic rings. The highest BCUT2D eigenvalue weighted by Gasteiger charge is 2.29. The minimum atomic E-state index is -0.152. The Morgan fingerprint density at radius 2 is 2.17 bits per heavy atom. The van der Waals surface area contributed by atoms with Crippen molar-refractivity contribution in [2.45, 2.75) is 24.8 Å². The number of nitrogens with one attached hydrogen (secondary N) is 1. The molecule has 0 bridgehead atoms. The van der Waals surface area contributed by atoms with Crippen molar-refractivity contribution in [3.63, 3.8) is 0 Å². The van der Waals surface area contributed by atoms with Crippen LogP contribution in [0.15, 0.2) is 24.3 Å². The van der Waals surface area contributed by atoms with Crippen LogP contribution in [-0.2, 0) is 4.74 Å². The molecule has 0 radical (unpaired) electrons. The average molecular weight is 253 g/mol. The van der Waals surface area contributed by atoms with Gasteiger partial charge in [-0.15, -0.1) is 0 Å². The van der Waals surface area contributed by atoms with Gasteiger partial charge in [0, 0.05) is 12.6 Å². The van der Waals surface area contributed by atoms with Gasteiger partial charge in [0.25, 0.3) is 0 Å². The van der Waals surface area contributed by atoms with E-state index in [-0.39, 0.29) is 12.4 Å². The molecule has 0 aliphatic heterocycles. The van der Waals surface area contributed by atoms with Gasteiger partial charge in [-0.1, -0.05) is 12.1 Å². The highest BCUT2D eigenvalue weighted by molar-refractivity contribution is 5.23. The summed E-state index contributed by atoms with van der Waals surface area (Å²) in [6.07, 6.45) is 2.12. The molecule has 0 saturated heterocycles. The minimum absolute atomic E-state index is 0.0745. The van der Waals surface area contributed by atoms with Crippen LogP contribution in [-0.4, -0.2) is 37.5 Å². The second-order valence-electron chi connectivity index (χ2n) is 4.71. The molecule has 0 spiro atoms. The van der Waals surface area contributed by atoms with Crippen molar-refractivity contribution >= 4 is 0 Å². The van der Waals surface area contributed by atoms with Crippen molar-refractivity contribution in [2.75, 3.05) is 26.4 Å². The van der Waals surface area contributed by atoms with Gasteiger partial charge in [-0.3, -0.25) is 0 Å². The third-order valence-electron chi connectivity index (χ3n) is 3.37. The monoisotopic (exact) mass is 253 g/mol. The summed E-state index contributed by atoms with van der Waals surface area (Å²) >= 11 is 0. The first kappa shape index (κ1) is 13.5. The van der Waals surface area contributed by atoms with Crippen LogP contribution in [0, 0.1) is 5.82 Å².